The third-order valence-corrected chi connectivity index (χ3v) is 4.22. The van der Waals surface area contributed by atoms with E-state index in [-0.39, 0.29) is 12.3 Å². The summed E-state index contributed by atoms with van der Waals surface area (Å²) in [5.74, 6) is -0.307. The Morgan fingerprint density at radius 2 is 2.10 bits per heavy atom. The largest absolute Gasteiger partial charge is 0.387 e. The first-order chi connectivity index (χ1) is 9.48. The van der Waals surface area contributed by atoms with Crippen LogP contribution >= 0.6 is 11.6 Å². The van der Waals surface area contributed by atoms with E-state index < -0.39 is 16.1 Å². The van der Waals surface area contributed by atoms with Gasteiger partial charge in [-0.15, -0.1) is 0 Å². The third-order valence-electron chi connectivity index (χ3n) is 2.59. The van der Waals surface area contributed by atoms with E-state index in [1.54, 1.807) is 24.3 Å². The van der Waals surface area contributed by atoms with Gasteiger partial charge < -0.3 is 9.63 Å². The Hall–Kier alpha value is -1.41. The van der Waals surface area contributed by atoms with Crippen LogP contribution in [0.1, 0.15) is 17.4 Å². The second kappa shape index (κ2) is 6.36. The molecule has 1 unspecified atom stereocenters. The number of sulfonamides is 1. The molecule has 0 aliphatic rings. The Labute approximate surface area is 121 Å². The summed E-state index contributed by atoms with van der Waals surface area (Å²) < 4.78 is 30.4. The van der Waals surface area contributed by atoms with Gasteiger partial charge in [0.1, 0.15) is 12.0 Å². The van der Waals surface area contributed by atoms with Crippen LogP contribution in [-0.4, -0.2) is 25.2 Å². The maximum Gasteiger partial charge on any atom is 0.217 e. The molecule has 0 spiro atoms. The molecule has 6 nitrogen and oxygen atoms in total. The fraction of sp³-hybridized carbons (Fsp3) is 0.250. The lowest BCUT2D eigenvalue weighted by Crippen LogP contribution is -2.29. The molecule has 2 aromatic rings. The van der Waals surface area contributed by atoms with Crippen molar-refractivity contribution in [1.29, 1.82) is 0 Å². The van der Waals surface area contributed by atoms with Gasteiger partial charge in [-0.05, 0) is 6.07 Å². The van der Waals surface area contributed by atoms with Crippen LogP contribution < -0.4 is 4.72 Å². The molecule has 0 aliphatic heterocycles. The monoisotopic (exact) mass is 316 g/mol. The highest BCUT2D eigenvalue weighted by molar-refractivity contribution is 7.88. The summed E-state index contributed by atoms with van der Waals surface area (Å²) in [5, 5.41) is 13.9. The number of aromatic nitrogens is 1. The lowest BCUT2D eigenvalue weighted by Gasteiger charge is -2.13. The number of nitrogens with one attached hydrogen (secondary N) is 1. The van der Waals surface area contributed by atoms with Crippen LogP contribution in [0, 0.1) is 0 Å². The van der Waals surface area contributed by atoms with E-state index >= 15 is 0 Å². The zero-order chi connectivity index (χ0) is 14.6. The van der Waals surface area contributed by atoms with Crippen LogP contribution in [-0.2, 0) is 15.8 Å². The zero-order valence-electron chi connectivity index (χ0n) is 10.4. The molecular weight excluding hydrogens is 304 g/mol. The summed E-state index contributed by atoms with van der Waals surface area (Å²) in [6.45, 7) is -0.163. The molecular formula is C12H13ClN2O4S. The molecule has 20 heavy (non-hydrogen) atoms. The van der Waals surface area contributed by atoms with Gasteiger partial charge in [0.05, 0.1) is 11.8 Å². The summed E-state index contributed by atoms with van der Waals surface area (Å²) in [6, 6.07) is 8.17. The van der Waals surface area contributed by atoms with Gasteiger partial charge in [-0.1, -0.05) is 35.0 Å². The molecule has 2 rings (SSSR count). The van der Waals surface area contributed by atoms with Crippen LogP contribution in [0.5, 0.6) is 0 Å². The summed E-state index contributed by atoms with van der Waals surface area (Å²) in [6.07, 6.45) is 0.277. The highest BCUT2D eigenvalue weighted by Crippen LogP contribution is 2.22. The Morgan fingerprint density at radius 3 is 2.75 bits per heavy atom. The predicted molar refractivity (Wildman–Crippen MR) is 73.5 cm³/mol. The third kappa shape index (κ3) is 4.04. The zero-order valence-corrected chi connectivity index (χ0v) is 11.9. The van der Waals surface area contributed by atoms with Crippen LogP contribution in [0.25, 0.3) is 0 Å². The first-order valence-corrected chi connectivity index (χ1v) is 7.80. The molecule has 108 valence electrons. The van der Waals surface area contributed by atoms with Crippen LogP contribution in [0.15, 0.2) is 41.1 Å². The standard InChI is InChI=1S/C12H13ClN2O4S/c13-11-4-2-1-3-10(11)12(16)7-14-20(17,18)8-9-5-6-19-15-9/h1-6,12,14,16H,7-8H2. The highest BCUT2D eigenvalue weighted by Gasteiger charge is 2.17. The van der Waals surface area contributed by atoms with Crippen LogP contribution in [0.2, 0.25) is 5.02 Å². The van der Waals surface area contributed by atoms with Gasteiger partial charge in [-0.25, -0.2) is 13.1 Å². The Kier molecular flexibility index (Phi) is 4.77. The van der Waals surface area contributed by atoms with Crippen LogP contribution in [0.4, 0.5) is 0 Å². The van der Waals surface area contributed by atoms with Crippen molar-refractivity contribution in [3.05, 3.63) is 52.9 Å². The van der Waals surface area contributed by atoms with Gasteiger partial charge in [-0.2, -0.15) is 0 Å². The number of aliphatic hydroxyl groups is 1. The van der Waals surface area contributed by atoms with Crippen molar-refractivity contribution >= 4 is 21.6 Å². The van der Waals surface area contributed by atoms with Crippen molar-refractivity contribution in [2.45, 2.75) is 11.9 Å². The smallest absolute Gasteiger partial charge is 0.217 e. The second-order valence-corrected chi connectivity index (χ2v) is 6.35. The minimum Gasteiger partial charge on any atom is -0.387 e. The summed E-state index contributed by atoms with van der Waals surface area (Å²) in [4.78, 5) is 0. The van der Waals surface area contributed by atoms with Crippen molar-refractivity contribution in [1.82, 2.24) is 9.88 Å². The number of nitrogens with zero attached hydrogens (tertiary/aromatic N) is 1. The molecule has 0 amide bonds. The van der Waals surface area contributed by atoms with Gasteiger partial charge in [0.25, 0.3) is 0 Å². The highest BCUT2D eigenvalue weighted by atomic mass is 35.5. The maximum absolute atomic E-state index is 11.8. The molecule has 0 radical (unpaired) electrons. The minimum absolute atomic E-state index is 0.163. The molecule has 1 heterocycles. The topological polar surface area (TPSA) is 92.4 Å². The summed E-state index contributed by atoms with van der Waals surface area (Å²) in [5.41, 5.74) is 0.767. The predicted octanol–water partition coefficient (Wildman–Crippen LogP) is 1.48. The Morgan fingerprint density at radius 1 is 1.35 bits per heavy atom. The molecule has 1 atom stereocenters. The van der Waals surface area contributed by atoms with Crippen molar-refractivity contribution < 1.29 is 18.0 Å². The number of hydrogen-bond donors (Lipinski definition) is 2. The van der Waals surface area contributed by atoms with E-state index in [4.69, 9.17) is 11.6 Å². The number of hydrogen-bond acceptors (Lipinski definition) is 5. The van der Waals surface area contributed by atoms with Gasteiger partial charge in [-0.3, -0.25) is 0 Å². The number of aliphatic hydroxyl groups excluding tert-OH is 1. The first kappa shape index (κ1) is 15.0. The van der Waals surface area contributed by atoms with Crippen molar-refractivity contribution in [2.75, 3.05) is 6.54 Å². The SMILES string of the molecule is O=S(=O)(Cc1ccon1)NCC(O)c1ccccc1Cl. The second-order valence-electron chi connectivity index (χ2n) is 4.14. The Balaban J connectivity index is 1.96. The van der Waals surface area contributed by atoms with E-state index in [2.05, 4.69) is 14.4 Å². The van der Waals surface area contributed by atoms with Crippen molar-refractivity contribution in [3.8, 4) is 0 Å². The van der Waals surface area contributed by atoms with Crippen LogP contribution in [0.3, 0.4) is 0 Å². The molecule has 0 aliphatic carbocycles. The molecule has 0 bridgehead atoms. The van der Waals surface area contributed by atoms with Gasteiger partial charge >= 0.3 is 0 Å². The Bertz CT molecular complexity index is 658. The van der Waals surface area contributed by atoms with E-state index in [1.807, 2.05) is 0 Å². The molecule has 8 heteroatoms. The normalized spacial score (nSPS) is 13.3. The summed E-state index contributed by atoms with van der Waals surface area (Å²) in [7, 11) is -3.60. The quantitative estimate of drug-likeness (QED) is 0.842. The fourth-order valence-electron chi connectivity index (χ4n) is 1.62. The average molecular weight is 317 g/mol. The molecule has 2 N–H and O–H groups in total. The number of rotatable bonds is 6. The van der Waals surface area contributed by atoms with Gasteiger partial charge in [0, 0.05) is 23.2 Å². The lowest BCUT2D eigenvalue weighted by molar-refractivity contribution is 0.182. The molecule has 0 fully saturated rings. The van der Waals surface area contributed by atoms with Gasteiger partial charge in [0.15, 0.2) is 0 Å². The molecule has 1 aromatic carbocycles. The van der Waals surface area contributed by atoms with E-state index in [1.165, 1.54) is 12.3 Å². The van der Waals surface area contributed by atoms with E-state index in [9.17, 15) is 13.5 Å². The maximum atomic E-state index is 11.8. The molecule has 1 aromatic heterocycles. The fourth-order valence-corrected chi connectivity index (χ4v) is 2.93. The molecule has 0 saturated heterocycles. The molecule has 0 saturated carbocycles. The number of halogens is 1. The van der Waals surface area contributed by atoms with Crippen molar-refractivity contribution in [2.24, 2.45) is 0 Å². The summed E-state index contributed by atoms with van der Waals surface area (Å²) >= 11 is 5.92. The van der Waals surface area contributed by atoms with E-state index in [0.717, 1.165) is 0 Å². The van der Waals surface area contributed by atoms with Crippen molar-refractivity contribution in [3.63, 3.8) is 0 Å². The van der Waals surface area contributed by atoms with Gasteiger partial charge in [0.2, 0.25) is 10.0 Å². The first-order valence-electron chi connectivity index (χ1n) is 5.77. The lowest BCUT2D eigenvalue weighted by atomic mass is 10.1. The average Bonchev–Trinajstić information content (AvgIpc) is 2.89. The minimum atomic E-state index is -3.60. The van der Waals surface area contributed by atoms with E-state index in [0.29, 0.717) is 16.3 Å². The number of benzene rings is 1.